The Morgan fingerprint density at radius 1 is 1.13 bits per heavy atom. The first-order valence-electron chi connectivity index (χ1n) is 10.0. The Hall–Kier alpha value is -1.85. The largest absolute Gasteiger partial charge is 0.454 e. The van der Waals surface area contributed by atoms with E-state index in [1.165, 1.54) is 10.4 Å². The van der Waals surface area contributed by atoms with Gasteiger partial charge in [0, 0.05) is 39.3 Å². The molecule has 2 aromatic rings. The molecule has 0 radical (unpaired) electrons. The second kappa shape index (κ2) is 9.33. The Morgan fingerprint density at radius 3 is 2.55 bits per heavy atom. The predicted octanol–water partition coefficient (Wildman–Crippen LogP) is 2.49. The van der Waals surface area contributed by atoms with Crippen molar-refractivity contribution in [3.63, 3.8) is 0 Å². The molecule has 3 heterocycles. The van der Waals surface area contributed by atoms with Crippen LogP contribution in [-0.4, -0.2) is 74.5 Å². The van der Waals surface area contributed by atoms with Crippen molar-refractivity contribution in [2.45, 2.75) is 17.7 Å². The maximum Gasteiger partial charge on any atom is 0.252 e. The number of hydrogen-bond acceptors (Lipinski definition) is 7. The summed E-state index contributed by atoms with van der Waals surface area (Å²) in [5.74, 6) is 1.43. The number of thiophene rings is 1. The highest BCUT2D eigenvalue weighted by molar-refractivity contribution is 7.91. The molecule has 4 rings (SSSR count). The van der Waals surface area contributed by atoms with Gasteiger partial charge in [-0.1, -0.05) is 17.7 Å². The first-order chi connectivity index (χ1) is 14.9. The SMILES string of the molecule is CCN(Cc1ccc2c(c1)OCO2)C(=O)CN1CCN(S(=O)(=O)c2ccc(Cl)s2)CC1. The number of piperazine rings is 1. The van der Waals surface area contributed by atoms with Gasteiger partial charge in [0.05, 0.1) is 10.9 Å². The van der Waals surface area contributed by atoms with Crippen LogP contribution >= 0.6 is 22.9 Å². The molecule has 0 aliphatic carbocycles. The lowest BCUT2D eigenvalue weighted by Gasteiger charge is -2.34. The van der Waals surface area contributed by atoms with Crippen molar-refractivity contribution in [1.82, 2.24) is 14.1 Å². The van der Waals surface area contributed by atoms with Crippen LogP contribution in [0.25, 0.3) is 0 Å². The normalized spacial score (nSPS) is 17.1. The molecule has 0 N–H and O–H groups in total. The van der Waals surface area contributed by atoms with Gasteiger partial charge in [-0.05, 0) is 36.8 Å². The van der Waals surface area contributed by atoms with Crippen LogP contribution in [0.4, 0.5) is 0 Å². The number of benzene rings is 1. The van der Waals surface area contributed by atoms with Gasteiger partial charge in [-0.3, -0.25) is 9.69 Å². The summed E-state index contributed by atoms with van der Waals surface area (Å²) in [6.07, 6.45) is 0. The minimum Gasteiger partial charge on any atom is -0.454 e. The van der Waals surface area contributed by atoms with Crippen molar-refractivity contribution in [3.05, 3.63) is 40.2 Å². The molecular weight excluding hydrogens is 462 g/mol. The Kier molecular flexibility index (Phi) is 6.73. The number of likely N-dealkylation sites (N-methyl/N-ethyl adjacent to an activating group) is 1. The van der Waals surface area contributed by atoms with E-state index in [0.29, 0.717) is 49.4 Å². The van der Waals surface area contributed by atoms with E-state index >= 15 is 0 Å². The minimum atomic E-state index is -3.54. The molecule has 0 spiro atoms. The van der Waals surface area contributed by atoms with E-state index in [-0.39, 0.29) is 23.5 Å². The third kappa shape index (κ3) is 4.98. The van der Waals surface area contributed by atoms with Crippen LogP contribution in [0.1, 0.15) is 12.5 Å². The number of amides is 1. The van der Waals surface area contributed by atoms with Gasteiger partial charge in [-0.25, -0.2) is 8.42 Å². The van der Waals surface area contributed by atoms with Crippen LogP contribution < -0.4 is 9.47 Å². The monoisotopic (exact) mass is 485 g/mol. The highest BCUT2D eigenvalue weighted by Crippen LogP contribution is 2.33. The van der Waals surface area contributed by atoms with Gasteiger partial charge in [-0.15, -0.1) is 11.3 Å². The smallest absolute Gasteiger partial charge is 0.252 e. The molecule has 0 unspecified atom stereocenters. The topological polar surface area (TPSA) is 79.4 Å². The summed E-state index contributed by atoms with van der Waals surface area (Å²) < 4.78 is 38.4. The van der Waals surface area contributed by atoms with E-state index in [2.05, 4.69) is 0 Å². The number of rotatable bonds is 7. The molecular formula is C20H24ClN3O5S2. The average Bonchev–Trinajstić information content (AvgIpc) is 3.41. The Labute approximate surface area is 190 Å². The zero-order valence-electron chi connectivity index (χ0n) is 17.1. The first-order valence-corrected chi connectivity index (χ1v) is 12.6. The summed E-state index contributed by atoms with van der Waals surface area (Å²) in [6, 6.07) is 8.82. The van der Waals surface area contributed by atoms with Gasteiger partial charge in [0.1, 0.15) is 4.21 Å². The van der Waals surface area contributed by atoms with Gasteiger partial charge in [0.25, 0.3) is 10.0 Å². The standard InChI is InChI=1S/C20H24ClN3O5S2/c1-2-23(12-15-3-4-16-17(11-15)29-14-28-16)19(25)13-22-7-9-24(10-8-22)31(26,27)20-6-5-18(21)30-20/h3-6,11H,2,7-10,12-14H2,1H3. The summed E-state index contributed by atoms with van der Waals surface area (Å²) in [5, 5.41) is 0. The molecule has 8 nitrogen and oxygen atoms in total. The molecule has 0 atom stereocenters. The van der Waals surface area contributed by atoms with Crippen molar-refractivity contribution in [2.75, 3.05) is 46.1 Å². The van der Waals surface area contributed by atoms with E-state index in [1.807, 2.05) is 30.0 Å². The maximum absolute atomic E-state index is 12.9. The summed E-state index contributed by atoms with van der Waals surface area (Å²) in [4.78, 5) is 16.7. The number of carbonyl (C=O) groups excluding carboxylic acids is 1. The summed E-state index contributed by atoms with van der Waals surface area (Å²) in [6.45, 7) is 5.20. The van der Waals surface area contributed by atoms with Crippen molar-refractivity contribution in [2.24, 2.45) is 0 Å². The molecule has 168 valence electrons. The molecule has 0 bridgehead atoms. The van der Waals surface area contributed by atoms with Crippen molar-refractivity contribution < 1.29 is 22.7 Å². The average molecular weight is 486 g/mol. The summed E-state index contributed by atoms with van der Waals surface area (Å²) >= 11 is 6.95. The maximum atomic E-state index is 12.9. The van der Waals surface area contributed by atoms with Crippen LogP contribution in [0.15, 0.2) is 34.5 Å². The molecule has 1 fully saturated rings. The van der Waals surface area contributed by atoms with Crippen LogP contribution in [-0.2, 0) is 21.4 Å². The number of ether oxygens (including phenoxy) is 2. The lowest BCUT2D eigenvalue weighted by atomic mass is 10.2. The van der Waals surface area contributed by atoms with E-state index in [9.17, 15) is 13.2 Å². The van der Waals surface area contributed by atoms with Gasteiger partial charge in [0.2, 0.25) is 12.7 Å². The number of carbonyl (C=O) groups is 1. The summed E-state index contributed by atoms with van der Waals surface area (Å²) in [7, 11) is -3.54. The fraction of sp³-hybridized carbons (Fsp3) is 0.450. The van der Waals surface area contributed by atoms with Crippen LogP contribution in [0.5, 0.6) is 11.5 Å². The molecule has 11 heteroatoms. The zero-order chi connectivity index (χ0) is 22.0. The van der Waals surface area contributed by atoms with Crippen molar-refractivity contribution >= 4 is 38.9 Å². The zero-order valence-corrected chi connectivity index (χ0v) is 19.5. The van der Waals surface area contributed by atoms with Gasteiger partial charge >= 0.3 is 0 Å². The van der Waals surface area contributed by atoms with Gasteiger partial charge in [0.15, 0.2) is 11.5 Å². The number of halogens is 1. The van der Waals surface area contributed by atoms with E-state index in [0.717, 1.165) is 22.6 Å². The molecule has 1 amide bonds. The number of fused-ring (bicyclic) bond motifs is 1. The van der Waals surface area contributed by atoms with Gasteiger partial charge in [-0.2, -0.15) is 4.31 Å². The third-order valence-electron chi connectivity index (χ3n) is 5.38. The molecule has 1 aromatic heterocycles. The molecule has 0 saturated carbocycles. The van der Waals surface area contributed by atoms with Crippen molar-refractivity contribution in [1.29, 1.82) is 0 Å². The number of sulfonamides is 1. The summed E-state index contributed by atoms with van der Waals surface area (Å²) in [5.41, 5.74) is 0.977. The van der Waals surface area contributed by atoms with Crippen LogP contribution in [0.3, 0.4) is 0 Å². The van der Waals surface area contributed by atoms with E-state index < -0.39 is 10.0 Å². The highest BCUT2D eigenvalue weighted by atomic mass is 35.5. The first kappa shape index (κ1) is 22.3. The third-order valence-corrected chi connectivity index (χ3v) is 8.97. The van der Waals surface area contributed by atoms with Crippen LogP contribution in [0, 0.1) is 0 Å². The lowest BCUT2D eigenvalue weighted by Crippen LogP contribution is -2.51. The molecule has 2 aliphatic heterocycles. The quantitative estimate of drug-likeness (QED) is 0.599. The second-order valence-corrected chi connectivity index (χ2v) is 11.2. The van der Waals surface area contributed by atoms with Crippen molar-refractivity contribution in [3.8, 4) is 11.5 Å². The Morgan fingerprint density at radius 2 is 1.87 bits per heavy atom. The molecule has 31 heavy (non-hydrogen) atoms. The Balaban J connectivity index is 1.31. The minimum absolute atomic E-state index is 0.0153. The van der Waals surface area contributed by atoms with Gasteiger partial charge < -0.3 is 14.4 Å². The number of nitrogens with zero attached hydrogens (tertiary/aromatic N) is 3. The van der Waals surface area contributed by atoms with E-state index in [1.54, 1.807) is 11.0 Å². The Bertz CT molecular complexity index is 1050. The predicted molar refractivity (Wildman–Crippen MR) is 118 cm³/mol. The fourth-order valence-corrected chi connectivity index (χ4v) is 6.68. The second-order valence-electron chi connectivity index (χ2n) is 7.33. The molecule has 1 aromatic carbocycles. The highest BCUT2D eigenvalue weighted by Gasteiger charge is 2.30. The van der Waals surface area contributed by atoms with Crippen LogP contribution in [0.2, 0.25) is 4.34 Å². The molecule has 1 saturated heterocycles. The fourth-order valence-electron chi connectivity index (χ4n) is 3.62. The molecule has 2 aliphatic rings. The lowest BCUT2D eigenvalue weighted by molar-refractivity contribution is -0.133. The van der Waals surface area contributed by atoms with E-state index in [4.69, 9.17) is 21.1 Å². The number of hydrogen-bond donors (Lipinski definition) is 0.